The molecule has 0 aliphatic carbocycles. The molecular formula is C17H20FNO. The third kappa shape index (κ3) is 3.50. The van der Waals surface area contributed by atoms with E-state index in [1.165, 1.54) is 12.1 Å². The van der Waals surface area contributed by atoms with Crippen LogP contribution in [0.2, 0.25) is 0 Å². The lowest BCUT2D eigenvalue weighted by Gasteiger charge is -2.29. The molecular weight excluding hydrogens is 253 g/mol. The topological polar surface area (TPSA) is 12.5 Å². The minimum Gasteiger partial charge on any atom is -0.497 e. The number of ether oxygens (including phenoxy) is 1. The molecule has 2 aromatic rings. The summed E-state index contributed by atoms with van der Waals surface area (Å²) >= 11 is 0. The molecule has 0 bridgehead atoms. The summed E-state index contributed by atoms with van der Waals surface area (Å²) < 4.78 is 18.1. The van der Waals surface area contributed by atoms with Gasteiger partial charge >= 0.3 is 0 Å². The van der Waals surface area contributed by atoms with Gasteiger partial charge in [0.25, 0.3) is 0 Å². The highest BCUT2D eigenvalue weighted by Gasteiger charge is 2.11. The molecule has 3 heteroatoms. The lowest BCUT2D eigenvalue weighted by atomic mass is 10.1. The molecule has 0 amide bonds. The lowest BCUT2D eigenvalue weighted by molar-refractivity contribution is 0.415. The molecule has 0 heterocycles. The van der Waals surface area contributed by atoms with Crippen molar-refractivity contribution in [3.8, 4) is 5.75 Å². The van der Waals surface area contributed by atoms with Crippen LogP contribution in [0.3, 0.4) is 0 Å². The maximum atomic E-state index is 13.0. The highest BCUT2D eigenvalue weighted by atomic mass is 19.1. The summed E-state index contributed by atoms with van der Waals surface area (Å²) in [6.07, 6.45) is 0. The molecule has 0 aromatic heterocycles. The van der Waals surface area contributed by atoms with Crippen molar-refractivity contribution in [3.05, 3.63) is 59.9 Å². The summed E-state index contributed by atoms with van der Waals surface area (Å²) in [5.41, 5.74) is 2.22. The molecule has 2 nitrogen and oxygen atoms in total. The van der Waals surface area contributed by atoms with Gasteiger partial charge < -0.3 is 9.64 Å². The van der Waals surface area contributed by atoms with Gasteiger partial charge in [-0.25, -0.2) is 4.39 Å². The van der Waals surface area contributed by atoms with E-state index in [0.29, 0.717) is 6.04 Å². The van der Waals surface area contributed by atoms with E-state index in [1.54, 1.807) is 7.11 Å². The Hall–Kier alpha value is -2.03. The van der Waals surface area contributed by atoms with Gasteiger partial charge in [0, 0.05) is 18.3 Å². The van der Waals surface area contributed by atoms with Crippen LogP contribution in [-0.2, 0) is 6.54 Å². The predicted octanol–water partition coefficient (Wildman–Crippen LogP) is 4.25. The van der Waals surface area contributed by atoms with Gasteiger partial charge in [0.2, 0.25) is 0 Å². The summed E-state index contributed by atoms with van der Waals surface area (Å²) in [5.74, 6) is 0.647. The molecule has 0 N–H and O–H groups in total. The standard InChI is InChI=1S/C17H20FNO/c1-13(2)19(12-14-4-6-15(18)7-5-14)16-8-10-17(20-3)11-9-16/h4-11,13H,12H2,1-3H3. The number of rotatable bonds is 5. The molecule has 0 aliphatic rings. The van der Waals surface area contributed by atoms with Gasteiger partial charge in [-0.05, 0) is 55.8 Å². The van der Waals surface area contributed by atoms with Crippen LogP contribution in [0.1, 0.15) is 19.4 Å². The van der Waals surface area contributed by atoms with Crippen molar-refractivity contribution in [2.45, 2.75) is 26.4 Å². The zero-order valence-corrected chi connectivity index (χ0v) is 12.1. The van der Waals surface area contributed by atoms with E-state index in [0.717, 1.165) is 23.5 Å². The van der Waals surface area contributed by atoms with E-state index in [4.69, 9.17) is 4.74 Å². The van der Waals surface area contributed by atoms with Crippen molar-refractivity contribution in [1.29, 1.82) is 0 Å². The molecule has 20 heavy (non-hydrogen) atoms. The Morgan fingerprint density at radius 2 is 1.60 bits per heavy atom. The largest absolute Gasteiger partial charge is 0.497 e. The zero-order valence-electron chi connectivity index (χ0n) is 12.1. The third-order valence-electron chi connectivity index (χ3n) is 3.29. The fraction of sp³-hybridized carbons (Fsp3) is 0.294. The normalized spacial score (nSPS) is 10.7. The van der Waals surface area contributed by atoms with Crippen LogP contribution in [0, 0.1) is 5.82 Å². The predicted molar refractivity (Wildman–Crippen MR) is 80.7 cm³/mol. The van der Waals surface area contributed by atoms with Crippen LogP contribution in [0.25, 0.3) is 0 Å². The van der Waals surface area contributed by atoms with E-state index in [1.807, 2.05) is 36.4 Å². The SMILES string of the molecule is COc1ccc(N(Cc2ccc(F)cc2)C(C)C)cc1. The van der Waals surface area contributed by atoms with Crippen LogP contribution in [-0.4, -0.2) is 13.2 Å². The van der Waals surface area contributed by atoms with Crippen LogP contribution >= 0.6 is 0 Å². The first-order chi connectivity index (χ1) is 9.60. The highest BCUT2D eigenvalue weighted by Crippen LogP contribution is 2.23. The van der Waals surface area contributed by atoms with E-state index in [-0.39, 0.29) is 5.82 Å². The fourth-order valence-corrected chi connectivity index (χ4v) is 2.13. The second kappa shape index (κ2) is 6.42. The summed E-state index contributed by atoms with van der Waals surface area (Å²) in [4.78, 5) is 2.27. The maximum absolute atomic E-state index is 13.0. The van der Waals surface area contributed by atoms with Gasteiger partial charge in [-0.3, -0.25) is 0 Å². The molecule has 0 aliphatic heterocycles. The second-order valence-corrected chi connectivity index (χ2v) is 5.05. The Morgan fingerprint density at radius 3 is 2.10 bits per heavy atom. The molecule has 2 aromatic carbocycles. The van der Waals surface area contributed by atoms with E-state index >= 15 is 0 Å². The minimum atomic E-state index is -0.200. The summed E-state index contributed by atoms with van der Waals surface area (Å²) in [6, 6.07) is 15.0. The molecule has 106 valence electrons. The number of benzene rings is 2. The quantitative estimate of drug-likeness (QED) is 0.807. The smallest absolute Gasteiger partial charge is 0.123 e. The van der Waals surface area contributed by atoms with E-state index in [9.17, 15) is 4.39 Å². The van der Waals surface area contributed by atoms with Crippen molar-refractivity contribution in [2.75, 3.05) is 12.0 Å². The number of hydrogen-bond acceptors (Lipinski definition) is 2. The number of hydrogen-bond donors (Lipinski definition) is 0. The minimum absolute atomic E-state index is 0.200. The maximum Gasteiger partial charge on any atom is 0.123 e. The summed E-state index contributed by atoms with van der Waals surface area (Å²) in [5, 5.41) is 0. The molecule has 0 atom stereocenters. The van der Waals surface area contributed by atoms with Crippen LogP contribution < -0.4 is 9.64 Å². The average Bonchev–Trinajstić information content (AvgIpc) is 2.46. The first-order valence-corrected chi connectivity index (χ1v) is 6.75. The Labute approximate surface area is 119 Å². The molecule has 0 radical (unpaired) electrons. The van der Waals surface area contributed by atoms with Crippen molar-refractivity contribution < 1.29 is 9.13 Å². The van der Waals surface area contributed by atoms with Crippen molar-refractivity contribution in [3.63, 3.8) is 0 Å². The molecule has 0 saturated carbocycles. The number of anilines is 1. The van der Waals surface area contributed by atoms with Gasteiger partial charge in [0.05, 0.1) is 7.11 Å². The fourth-order valence-electron chi connectivity index (χ4n) is 2.13. The van der Waals surface area contributed by atoms with Gasteiger partial charge in [0.15, 0.2) is 0 Å². The van der Waals surface area contributed by atoms with Crippen LogP contribution in [0.4, 0.5) is 10.1 Å². The molecule has 0 spiro atoms. The van der Waals surface area contributed by atoms with E-state index in [2.05, 4.69) is 18.7 Å². The first-order valence-electron chi connectivity index (χ1n) is 6.75. The monoisotopic (exact) mass is 273 g/mol. The van der Waals surface area contributed by atoms with Gasteiger partial charge in [0.1, 0.15) is 11.6 Å². The number of nitrogens with zero attached hydrogens (tertiary/aromatic N) is 1. The highest BCUT2D eigenvalue weighted by molar-refractivity contribution is 5.50. The average molecular weight is 273 g/mol. The Bertz CT molecular complexity index is 534. The molecule has 0 unspecified atom stereocenters. The molecule has 0 saturated heterocycles. The first kappa shape index (κ1) is 14.4. The van der Waals surface area contributed by atoms with Gasteiger partial charge in [-0.1, -0.05) is 12.1 Å². The Morgan fingerprint density at radius 1 is 1.00 bits per heavy atom. The Balaban J connectivity index is 2.19. The van der Waals surface area contributed by atoms with Crippen molar-refractivity contribution >= 4 is 5.69 Å². The molecule has 2 rings (SSSR count). The summed E-state index contributed by atoms with van der Waals surface area (Å²) in [7, 11) is 1.66. The summed E-state index contributed by atoms with van der Waals surface area (Å²) in [6.45, 7) is 5.05. The van der Waals surface area contributed by atoms with Crippen LogP contribution in [0.15, 0.2) is 48.5 Å². The lowest BCUT2D eigenvalue weighted by Crippen LogP contribution is -2.30. The molecule has 0 fully saturated rings. The van der Waals surface area contributed by atoms with Gasteiger partial charge in [-0.2, -0.15) is 0 Å². The van der Waals surface area contributed by atoms with Crippen molar-refractivity contribution in [1.82, 2.24) is 0 Å². The number of halogens is 1. The van der Waals surface area contributed by atoms with E-state index < -0.39 is 0 Å². The van der Waals surface area contributed by atoms with Gasteiger partial charge in [-0.15, -0.1) is 0 Å². The third-order valence-corrected chi connectivity index (χ3v) is 3.29. The van der Waals surface area contributed by atoms with Crippen molar-refractivity contribution in [2.24, 2.45) is 0 Å². The second-order valence-electron chi connectivity index (χ2n) is 5.05. The van der Waals surface area contributed by atoms with Crippen LogP contribution in [0.5, 0.6) is 5.75 Å². The zero-order chi connectivity index (χ0) is 14.5. The number of methoxy groups -OCH3 is 1. The Kier molecular flexibility index (Phi) is 4.61.